The number of H-pyrrole nitrogens is 1. The molecule has 3 aromatic rings. The summed E-state index contributed by atoms with van der Waals surface area (Å²) in [5, 5.41) is 2.62. The third kappa shape index (κ3) is 3.07. The van der Waals surface area contributed by atoms with Crippen LogP contribution in [0.1, 0.15) is 0 Å². The average Bonchev–Trinajstić information content (AvgIpc) is 2.95. The highest BCUT2D eigenvalue weighted by molar-refractivity contribution is 5.88. The zero-order valence-electron chi connectivity index (χ0n) is 12.9. The number of nitrogens with zero attached hydrogens (tertiary/aromatic N) is 2. The third-order valence-corrected chi connectivity index (χ3v) is 3.87. The van der Waals surface area contributed by atoms with Crippen LogP contribution in [0.4, 0.5) is 10.7 Å². The molecule has 7 heteroatoms. The van der Waals surface area contributed by atoms with Gasteiger partial charge in [-0.05, 0) is 35.4 Å². The molecule has 24 heavy (non-hydrogen) atoms. The van der Waals surface area contributed by atoms with Crippen molar-refractivity contribution in [3.05, 3.63) is 42.7 Å². The van der Waals surface area contributed by atoms with Gasteiger partial charge in [0, 0.05) is 18.3 Å². The number of fused-ring (bicyclic) bond motifs is 1. The molecule has 1 aliphatic rings. The van der Waals surface area contributed by atoms with E-state index in [1.54, 1.807) is 12.4 Å². The van der Waals surface area contributed by atoms with E-state index in [0.717, 1.165) is 22.2 Å². The van der Waals surface area contributed by atoms with E-state index >= 15 is 0 Å². The molecule has 0 unspecified atom stereocenters. The molecule has 2 N–H and O–H groups in total. The molecule has 0 aliphatic carbocycles. The first-order valence-electron chi connectivity index (χ1n) is 7.69. The number of anilines is 1. The second kappa shape index (κ2) is 6.29. The number of imidazole rings is 1. The van der Waals surface area contributed by atoms with Crippen molar-refractivity contribution in [1.29, 1.82) is 0 Å². The summed E-state index contributed by atoms with van der Waals surface area (Å²) < 4.78 is 10.2. The van der Waals surface area contributed by atoms with Crippen molar-refractivity contribution in [1.82, 2.24) is 15.0 Å². The molecule has 0 atom stereocenters. The van der Waals surface area contributed by atoms with E-state index in [-0.39, 0.29) is 0 Å². The monoisotopic (exact) mass is 324 g/mol. The molecule has 0 saturated carbocycles. The zero-order chi connectivity index (χ0) is 16.4. The topological polar surface area (TPSA) is 89.1 Å². The first-order chi connectivity index (χ1) is 11.8. The Balaban J connectivity index is 1.47. The van der Waals surface area contributed by atoms with Crippen LogP contribution in [-0.4, -0.2) is 40.9 Å². The smallest absolute Gasteiger partial charge is 0.413 e. The van der Waals surface area contributed by atoms with Crippen LogP contribution in [0, 0.1) is 5.92 Å². The summed E-state index contributed by atoms with van der Waals surface area (Å²) in [7, 11) is 0. The van der Waals surface area contributed by atoms with E-state index in [1.165, 1.54) is 0 Å². The number of carbonyl (C=O) groups is 1. The van der Waals surface area contributed by atoms with Crippen LogP contribution in [0.5, 0.6) is 0 Å². The molecule has 2 aromatic heterocycles. The van der Waals surface area contributed by atoms with Gasteiger partial charge in [0.25, 0.3) is 0 Å². The second-order valence-electron chi connectivity index (χ2n) is 5.68. The fourth-order valence-corrected chi connectivity index (χ4v) is 2.50. The average molecular weight is 324 g/mol. The molecule has 3 heterocycles. The van der Waals surface area contributed by atoms with Crippen LogP contribution in [0.2, 0.25) is 0 Å². The Kier molecular flexibility index (Phi) is 3.84. The van der Waals surface area contributed by atoms with Crippen molar-refractivity contribution in [2.45, 2.75) is 0 Å². The molecule has 0 bridgehead atoms. The summed E-state index contributed by atoms with van der Waals surface area (Å²) in [6, 6.07) is 9.76. The number of amides is 1. The first kappa shape index (κ1) is 14.6. The van der Waals surface area contributed by atoms with Gasteiger partial charge < -0.3 is 14.5 Å². The van der Waals surface area contributed by atoms with Gasteiger partial charge in [-0.15, -0.1) is 0 Å². The largest absolute Gasteiger partial charge is 0.449 e. The Hall–Kier alpha value is -2.93. The van der Waals surface area contributed by atoms with Crippen molar-refractivity contribution >= 4 is 23.1 Å². The van der Waals surface area contributed by atoms with E-state index in [4.69, 9.17) is 9.47 Å². The highest BCUT2D eigenvalue weighted by atomic mass is 16.6. The Morgan fingerprint density at radius 2 is 2.08 bits per heavy atom. The van der Waals surface area contributed by atoms with Crippen LogP contribution < -0.4 is 5.32 Å². The summed E-state index contributed by atoms with van der Waals surface area (Å²) in [5.41, 5.74) is 3.73. The fourth-order valence-electron chi connectivity index (χ4n) is 2.50. The van der Waals surface area contributed by atoms with Crippen LogP contribution in [0.15, 0.2) is 42.7 Å². The summed E-state index contributed by atoms with van der Waals surface area (Å²) in [6.07, 6.45) is 2.99. The molecule has 1 saturated heterocycles. The van der Waals surface area contributed by atoms with Gasteiger partial charge in [0.15, 0.2) is 0 Å². The number of aromatic amines is 1. The number of pyridine rings is 1. The van der Waals surface area contributed by atoms with E-state index in [1.807, 2.05) is 30.3 Å². The van der Waals surface area contributed by atoms with E-state index in [0.29, 0.717) is 31.7 Å². The van der Waals surface area contributed by atoms with Crippen molar-refractivity contribution in [2.24, 2.45) is 5.92 Å². The van der Waals surface area contributed by atoms with Gasteiger partial charge in [0.1, 0.15) is 6.61 Å². The summed E-state index contributed by atoms with van der Waals surface area (Å²) >= 11 is 0. The Morgan fingerprint density at radius 3 is 2.83 bits per heavy atom. The van der Waals surface area contributed by atoms with Crippen LogP contribution in [0.3, 0.4) is 0 Å². The van der Waals surface area contributed by atoms with E-state index < -0.39 is 6.09 Å². The predicted molar refractivity (Wildman–Crippen MR) is 88.6 cm³/mol. The Morgan fingerprint density at radius 1 is 1.25 bits per heavy atom. The van der Waals surface area contributed by atoms with E-state index in [9.17, 15) is 4.79 Å². The van der Waals surface area contributed by atoms with Gasteiger partial charge >= 0.3 is 6.09 Å². The third-order valence-electron chi connectivity index (χ3n) is 3.87. The van der Waals surface area contributed by atoms with Gasteiger partial charge in [0.2, 0.25) is 5.95 Å². The summed E-state index contributed by atoms with van der Waals surface area (Å²) in [4.78, 5) is 23.2. The van der Waals surface area contributed by atoms with Gasteiger partial charge in [0.05, 0.1) is 24.2 Å². The maximum atomic E-state index is 11.8. The van der Waals surface area contributed by atoms with Gasteiger partial charge in [-0.1, -0.05) is 6.07 Å². The van der Waals surface area contributed by atoms with Crippen molar-refractivity contribution in [3.8, 4) is 11.1 Å². The van der Waals surface area contributed by atoms with Crippen molar-refractivity contribution in [2.75, 3.05) is 25.1 Å². The molecular weight excluding hydrogens is 308 g/mol. The molecule has 0 spiro atoms. The van der Waals surface area contributed by atoms with Gasteiger partial charge in [-0.25, -0.2) is 9.78 Å². The molecule has 1 aliphatic heterocycles. The molecule has 4 rings (SSSR count). The number of hydrogen-bond acceptors (Lipinski definition) is 5. The van der Waals surface area contributed by atoms with Crippen molar-refractivity contribution < 1.29 is 14.3 Å². The highest BCUT2D eigenvalue weighted by Gasteiger charge is 2.20. The lowest BCUT2D eigenvalue weighted by atomic mass is 10.1. The Bertz CT molecular complexity index is 859. The van der Waals surface area contributed by atoms with Crippen molar-refractivity contribution in [3.63, 3.8) is 0 Å². The standard InChI is InChI=1S/C17H16N4O3/c22-17(24-10-11-8-23-9-11)21-16-19-14-2-1-13(7-15(14)20-16)12-3-5-18-6-4-12/h1-7,11H,8-10H2,(H2,19,20,21,22). The van der Waals surface area contributed by atoms with Crippen LogP contribution in [0.25, 0.3) is 22.2 Å². The zero-order valence-corrected chi connectivity index (χ0v) is 12.9. The number of nitrogens with one attached hydrogen (secondary N) is 2. The number of hydrogen-bond donors (Lipinski definition) is 2. The van der Waals surface area contributed by atoms with Crippen LogP contribution >= 0.6 is 0 Å². The maximum Gasteiger partial charge on any atom is 0.413 e. The maximum absolute atomic E-state index is 11.8. The highest BCUT2D eigenvalue weighted by Crippen LogP contribution is 2.23. The van der Waals surface area contributed by atoms with Gasteiger partial charge in [-0.2, -0.15) is 0 Å². The second-order valence-corrected chi connectivity index (χ2v) is 5.68. The lowest BCUT2D eigenvalue weighted by molar-refractivity contribution is -0.0567. The lowest BCUT2D eigenvalue weighted by Gasteiger charge is -2.24. The number of aromatic nitrogens is 3. The van der Waals surface area contributed by atoms with E-state index in [2.05, 4.69) is 20.3 Å². The fraction of sp³-hybridized carbons (Fsp3) is 0.235. The minimum atomic E-state index is -0.518. The molecule has 1 aromatic carbocycles. The number of carbonyl (C=O) groups excluding carboxylic acids is 1. The quantitative estimate of drug-likeness (QED) is 0.770. The molecule has 7 nitrogen and oxygen atoms in total. The van der Waals surface area contributed by atoms with Crippen LogP contribution in [-0.2, 0) is 9.47 Å². The number of rotatable bonds is 4. The number of ether oxygens (including phenoxy) is 2. The molecule has 1 amide bonds. The minimum absolute atomic E-state index is 0.300. The SMILES string of the molecule is O=C(Nc1nc2ccc(-c3ccncc3)cc2[nH]1)OCC1COC1. The minimum Gasteiger partial charge on any atom is -0.449 e. The molecule has 0 radical (unpaired) electrons. The Labute approximate surface area is 138 Å². The molecular formula is C17H16N4O3. The predicted octanol–water partition coefficient (Wildman–Crippen LogP) is 2.82. The molecule has 1 fully saturated rings. The summed E-state index contributed by atoms with van der Waals surface area (Å²) in [5.74, 6) is 0.668. The molecule has 122 valence electrons. The lowest BCUT2D eigenvalue weighted by Crippen LogP contribution is -2.33. The normalized spacial score (nSPS) is 14.3. The number of benzene rings is 1. The van der Waals surface area contributed by atoms with Gasteiger partial charge in [-0.3, -0.25) is 10.3 Å². The summed E-state index contributed by atoms with van der Waals surface area (Å²) in [6.45, 7) is 1.66. The first-order valence-corrected chi connectivity index (χ1v) is 7.69.